The number of carbonyl (C=O) groups excluding carboxylic acids is 6. The number of amides is 5. The Kier molecular flexibility index (Phi) is 20.7. The molecule has 1 saturated carbocycles. The smallest absolute Gasteiger partial charge is 0.415 e. The first-order chi connectivity index (χ1) is 43.2. The lowest BCUT2D eigenvalue weighted by atomic mass is 9.90. The molecule has 5 amide bonds. The molecule has 8 heterocycles. The molecule has 1 fully saturated rings. The van der Waals surface area contributed by atoms with Crippen molar-refractivity contribution in [2.45, 2.75) is 103 Å². The van der Waals surface area contributed by atoms with E-state index in [1.54, 1.807) is 70.9 Å². The molecule has 470 valence electrons. The lowest BCUT2D eigenvalue weighted by molar-refractivity contribution is -0.141. The molecule has 1 aliphatic heterocycles. The SMILES string of the molecule is CNC(=O)C[C@@H]1NC(=O)c2csc(n2)-c2ccc(-c3nc(N(CCCC(=O)O)C(=O)O[C@H]4CC[C@H](C(=O)O)C4)cs3)nc2-c2csc(n2)-c2csc(n2)[C@H]([C@@H](O)c2ccccc2)NC(=O)CNC(=O)c2nc(sc2COC)C(C(C)C)CC(=O)c2nc1sc2C. The number of ketones is 1. The standard InChI is InChI=1S/C59H60N12O13S6/c1-27(2)33-19-39(72)45-28(3)89-56(69-45)35(20-42(73)60-4)63-50(78)37-24-85-52(65-37)32-15-16-34(54-67-41(26-88-54)71(17-9-12-44(75)76)59(82)84-31-14-13-30(18-31)58(80)81)62-46(32)36-23-86-55(64-36)38-25-87-57(66-38)48(49(77)29-10-7-6-8-11-29)68-43(74)21-61-51(79)47-40(22-83-5)90-53(33)70-47/h6-8,10-11,15-16,23-27,30-31,33,35,48-49,77H,9,12-14,17-22H2,1-5H3,(H,60,73)(H,61,79)(H,63,78)(H,68,74)(H,75,76)(H,80,81)/t30-,31-,33?,35-,48-,49-/m0/s1. The van der Waals surface area contributed by atoms with Gasteiger partial charge in [-0.1, -0.05) is 44.2 Å². The fraction of sp³-hybridized carbons (Fsp3) is 0.373. The van der Waals surface area contributed by atoms with Crippen LogP contribution in [0.25, 0.3) is 43.4 Å². The van der Waals surface area contributed by atoms with Crippen molar-refractivity contribution in [3.63, 3.8) is 0 Å². The third kappa shape index (κ3) is 15.0. The Balaban J connectivity index is 1.04. The molecule has 0 radical (unpaired) electrons. The third-order valence-electron chi connectivity index (χ3n) is 14.9. The number of pyridine rings is 1. The molecule has 0 spiro atoms. The Labute approximate surface area is 538 Å². The average Bonchev–Trinajstić information content (AvgIpc) is 1.82. The highest BCUT2D eigenvalue weighted by Crippen LogP contribution is 2.41. The number of aliphatic hydroxyl groups is 1. The summed E-state index contributed by atoms with van der Waals surface area (Å²) in [5.74, 6) is -5.91. The zero-order valence-electron chi connectivity index (χ0n) is 48.9. The number of hydrogen-bond acceptors (Lipinski definition) is 24. The number of carboxylic acid groups (broad SMARTS) is 2. The summed E-state index contributed by atoms with van der Waals surface area (Å²) in [5.41, 5.74) is 2.45. The van der Waals surface area contributed by atoms with Crippen molar-refractivity contribution in [3.8, 4) is 43.4 Å². The van der Waals surface area contributed by atoms with Crippen molar-refractivity contribution < 1.29 is 63.1 Å². The van der Waals surface area contributed by atoms with E-state index in [0.29, 0.717) is 86.5 Å². The van der Waals surface area contributed by atoms with Crippen molar-refractivity contribution in [1.82, 2.24) is 56.2 Å². The number of aliphatic carboxylic acids is 2. The van der Waals surface area contributed by atoms with Crippen LogP contribution in [0.4, 0.5) is 10.6 Å². The van der Waals surface area contributed by atoms with E-state index in [0.717, 1.165) is 45.3 Å². The van der Waals surface area contributed by atoms with Crippen molar-refractivity contribution in [2.24, 2.45) is 11.8 Å². The Morgan fingerprint density at radius 1 is 0.756 bits per heavy atom. The van der Waals surface area contributed by atoms with Gasteiger partial charge < -0.3 is 46.1 Å². The fourth-order valence-corrected chi connectivity index (χ4v) is 15.7. The number of hydrogen-bond donors (Lipinski definition) is 7. The predicted molar refractivity (Wildman–Crippen MR) is 338 cm³/mol. The van der Waals surface area contributed by atoms with Crippen LogP contribution >= 0.6 is 68.0 Å². The van der Waals surface area contributed by atoms with Crippen LogP contribution in [0.5, 0.6) is 0 Å². The molecular weight excluding hydrogens is 1280 g/mol. The lowest BCUT2D eigenvalue weighted by Crippen LogP contribution is -2.40. The number of nitrogens with one attached hydrogen (secondary N) is 4. The van der Waals surface area contributed by atoms with Crippen molar-refractivity contribution >= 4 is 121 Å². The first-order valence-electron chi connectivity index (χ1n) is 28.3. The van der Waals surface area contributed by atoms with E-state index in [9.17, 15) is 53.7 Å². The maximum atomic E-state index is 14.4. The molecule has 1 aromatic carbocycles. The number of ether oxygens (including phenoxy) is 2. The lowest BCUT2D eigenvalue weighted by Gasteiger charge is -2.23. The van der Waals surface area contributed by atoms with Gasteiger partial charge in [0.25, 0.3) is 11.8 Å². The van der Waals surface area contributed by atoms with E-state index in [2.05, 4.69) is 21.3 Å². The zero-order chi connectivity index (χ0) is 63.9. The molecule has 1 unspecified atom stereocenters. The van der Waals surface area contributed by atoms with Gasteiger partial charge >= 0.3 is 18.0 Å². The van der Waals surface area contributed by atoms with Crippen LogP contribution in [-0.2, 0) is 35.3 Å². The summed E-state index contributed by atoms with van der Waals surface area (Å²) >= 11 is 7.05. The second-order valence-corrected chi connectivity index (χ2v) is 27.2. The Bertz CT molecular complexity index is 3990. The molecular formula is C59H60N12O13S6. The highest BCUT2D eigenvalue weighted by atomic mass is 32.1. The first-order valence-corrected chi connectivity index (χ1v) is 33.5. The van der Waals surface area contributed by atoms with Crippen LogP contribution in [0.1, 0.15) is 145 Å². The number of carboxylic acids is 2. The molecule has 7 N–H and O–H groups in total. The number of Topliss-reactive ketones (excluding diaryl/α,β-unsaturated/α-hetero) is 1. The van der Waals surface area contributed by atoms with E-state index in [4.69, 9.17) is 44.4 Å². The number of aliphatic hydroxyl groups excluding tert-OH is 1. The summed E-state index contributed by atoms with van der Waals surface area (Å²) in [6, 6.07) is 10.0. The van der Waals surface area contributed by atoms with Gasteiger partial charge in [0.05, 0.1) is 47.1 Å². The van der Waals surface area contributed by atoms with Crippen LogP contribution in [0.2, 0.25) is 0 Å². The van der Waals surface area contributed by atoms with Crippen LogP contribution in [0, 0.1) is 18.8 Å². The molecule has 31 heteroatoms. The number of thiazole rings is 6. The van der Waals surface area contributed by atoms with Crippen molar-refractivity contribution in [1.29, 1.82) is 0 Å². The second kappa shape index (κ2) is 28.8. The zero-order valence-corrected chi connectivity index (χ0v) is 53.8. The fourth-order valence-electron chi connectivity index (χ4n) is 10.1. The molecule has 10 bridgehead atoms. The van der Waals surface area contributed by atoms with Crippen LogP contribution < -0.4 is 26.2 Å². The normalized spacial score (nSPS) is 18.5. The van der Waals surface area contributed by atoms with E-state index in [1.165, 1.54) is 41.7 Å². The minimum absolute atomic E-state index is 0.00610. The monoisotopic (exact) mass is 1340 g/mol. The van der Waals surface area contributed by atoms with Gasteiger partial charge in [0.15, 0.2) is 5.78 Å². The second-order valence-electron chi connectivity index (χ2n) is 21.4. The number of aromatic nitrogens is 7. The maximum Gasteiger partial charge on any atom is 0.415 e. The quantitative estimate of drug-likeness (QED) is 0.0502. The van der Waals surface area contributed by atoms with E-state index < -0.39 is 84.3 Å². The van der Waals surface area contributed by atoms with Gasteiger partial charge in [-0.05, 0) is 56.2 Å². The Morgan fingerprint density at radius 3 is 2.21 bits per heavy atom. The maximum absolute atomic E-state index is 14.4. The Hall–Kier alpha value is -8.17. The molecule has 25 nitrogen and oxygen atoms in total. The number of aryl methyl sites for hydroxylation is 1. The predicted octanol–water partition coefficient (Wildman–Crippen LogP) is 9.26. The molecule has 1 aliphatic carbocycles. The van der Waals surface area contributed by atoms with Gasteiger partial charge in [0.2, 0.25) is 11.8 Å². The Morgan fingerprint density at radius 2 is 1.48 bits per heavy atom. The molecule has 2 aliphatic rings. The van der Waals surface area contributed by atoms with Crippen LogP contribution in [0.3, 0.4) is 0 Å². The summed E-state index contributed by atoms with van der Waals surface area (Å²) in [4.78, 5) is 143. The van der Waals surface area contributed by atoms with Crippen LogP contribution in [0.15, 0.2) is 64.0 Å². The summed E-state index contributed by atoms with van der Waals surface area (Å²) in [6.07, 6.45) is -2.43. The van der Waals surface area contributed by atoms with Gasteiger partial charge in [-0.3, -0.25) is 38.5 Å². The number of rotatable bonds is 15. The number of anilines is 1. The largest absolute Gasteiger partial charge is 0.481 e. The van der Waals surface area contributed by atoms with E-state index in [-0.39, 0.29) is 79.9 Å². The topological polar surface area (TPSA) is 357 Å². The average molecular weight is 1340 g/mol. The molecule has 90 heavy (non-hydrogen) atoms. The van der Waals surface area contributed by atoms with E-state index >= 15 is 0 Å². The van der Waals surface area contributed by atoms with Gasteiger partial charge in [0.1, 0.15) is 83.3 Å². The van der Waals surface area contributed by atoms with Crippen molar-refractivity contribution in [2.75, 3.05) is 32.1 Å². The third-order valence-corrected chi connectivity index (χ3v) is 20.6. The molecule has 10 rings (SSSR count). The van der Waals surface area contributed by atoms with Gasteiger partial charge in [-0.15, -0.1) is 68.0 Å². The number of carbonyl (C=O) groups is 8. The molecule has 8 aromatic rings. The highest BCUT2D eigenvalue weighted by Gasteiger charge is 2.36. The highest BCUT2D eigenvalue weighted by molar-refractivity contribution is 7.15. The van der Waals surface area contributed by atoms with Gasteiger partial charge in [-0.2, -0.15) is 0 Å². The summed E-state index contributed by atoms with van der Waals surface area (Å²) in [6.45, 7) is 5.01. The number of nitrogens with zero attached hydrogens (tertiary/aromatic N) is 8. The molecule has 7 aromatic heterocycles. The number of fused-ring (bicyclic) bond motifs is 14. The molecule has 6 atom stereocenters. The van der Waals surface area contributed by atoms with Gasteiger partial charge in [0, 0.05) is 71.4 Å². The number of benzene rings is 1. The number of methoxy groups -OCH3 is 1. The van der Waals surface area contributed by atoms with Crippen LogP contribution in [-0.4, -0.2) is 131 Å². The van der Waals surface area contributed by atoms with E-state index in [1.807, 2.05) is 13.8 Å². The van der Waals surface area contributed by atoms with Crippen molar-refractivity contribution in [3.05, 3.63) is 111 Å². The summed E-state index contributed by atoms with van der Waals surface area (Å²) in [5, 5.41) is 50.9. The minimum Gasteiger partial charge on any atom is -0.481 e. The summed E-state index contributed by atoms with van der Waals surface area (Å²) < 4.78 is 11.2. The first kappa shape index (κ1) is 64.8. The summed E-state index contributed by atoms with van der Waals surface area (Å²) in [7, 11) is 2.94. The molecule has 0 saturated heterocycles. The minimum atomic E-state index is -1.31. The van der Waals surface area contributed by atoms with Gasteiger partial charge in [-0.25, -0.2) is 39.7 Å².